The number of nitrogens with two attached hydrogens (primary N) is 1. The topological polar surface area (TPSA) is 81.8 Å². The highest BCUT2D eigenvalue weighted by molar-refractivity contribution is 5.95. The summed E-state index contributed by atoms with van der Waals surface area (Å²) < 4.78 is 11.2. The van der Waals surface area contributed by atoms with Gasteiger partial charge in [-0.2, -0.15) is 0 Å². The fraction of sp³-hybridized carbons (Fsp3) is 0.533. The second-order valence-electron chi connectivity index (χ2n) is 5.14. The molecule has 0 saturated heterocycles. The third-order valence-electron chi connectivity index (χ3n) is 3.78. The van der Waals surface area contributed by atoms with Gasteiger partial charge in [0.15, 0.2) is 0 Å². The fourth-order valence-electron chi connectivity index (χ4n) is 2.68. The molecular formula is C15H21NO4. The van der Waals surface area contributed by atoms with Crippen molar-refractivity contribution < 1.29 is 19.4 Å². The minimum Gasteiger partial charge on any atom is -0.478 e. The Kier molecular flexibility index (Phi) is 4.98. The summed E-state index contributed by atoms with van der Waals surface area (Å²) in [6.07, 6.45) is 4.36. The molecule has 1 saturated carbocycles. The molecule has 2 unspecified atom stereocenters. The maximum absolute atomic E-state index is 11.2. The van der Waals surface area contributed by atoms with Crippen LogP contribution in [0.25, 0.3) is 0 Å². The van der Waals surface area contributed by atoms with Crippen LogP contribution in [0.3, 0.4) is 0 Å². The number of nitrogen functional groups attached to an aromatic ring is 1. The van der Waals surface area contributed by atoms with Gasteiger partial charge in [-0.05, 0) is 37.3 Å². The van der Waals surface area contributed by atoms with E-state index in [4.69, 9.17) is 15.2 Å². The van der Waals surface area contributed by atoms with E-state index in [1.165, 1.54) is 0 Å². The molecule has 1 aromatic carbocycles. The predicted octanol–water partition coefficient (Wildman–Crippen LogP) is 2.44. The lowest BCUT2D eigenvalue weighted by Gasteiger charge is -2.28. The van der Waals surface area contributed by atoms with Crippen molar-refractivity contribution >= 4 is 11.7 Å². The van der Waals surface area contributed by atoms with Crippen LogP contribution in [0.1, 0.15) is 41.6 Å². The zero-order valence-electron chi connectivity index (χ0n) is 11.7. The van der Waals surface area contributed by atoms with Gasteiger partial charge < -0.3 is 20.3 Å². The van der Waals surface area contributed by atoms with Crippen LogP contribution in [0.5, 0.6) is 0 Å². The Morgan fingerprint density at radius 3 is 2.85 bits per heavy atom. The number of anilines is 1. The summed E-state index contributed by atoms with van der Waals surface area (Å²) in [4.78, 5) is 11.2. The van der Waals surface area contributed by atoms with Crippen molar-refractivity contribution in [2.45, 2.75) is 44.5 Å². The lowest BCUT2D eigenvalue weighted by atomic mass is 9.95. The molecule has 5 nitrogen and oxygen atoms in total. The molecule has 2 rings (SSSR count). The van der Waals surface area contributed by atoms with E-state index in [0.29, 0.717) is 5.56 Å². The SMILES string of the molecule is COC1CCCC(OCc2cccc(N)c2C(=O)O)C1. The molecule has 1 aliphatic carbocycles. The first kappa shape index (κ1) is 14.8. The van der Waals surface area contributed by atoms with Crippen molar-refractivity contribution in [3.05, 3.63) is 29.3 Å². The van der Waals surface area contributed by atoms with Gasteiger partial charge in [-0.15, -0.1) is 0 Å². The van der Waals surface area contributed by atoms with E-state index in [2.05, 4.69) is 0 Å². The second kappa shape index (κ2) is 6.72. The Morgan fingerprint density at radius 2 is 2.15 bits per heavy atom. The highest BCUT2D eigenvalue weighted by atomic mass is 16.5. The quantitative estimate of drug-likeness (QED) is 0.809. The van der Waals surface area contributed by atoms with Gasteiger partial charge in [0.2, 0.25) is 0 Å². The molecule has 2 atom stereocenters. The van der Waals surface area contributed by atoms with Crippen molar-refractivity contribution in [1.29, 1.82) is 0 Å². The van der Waals surface area contributed by atoms with E-state index in [1.54, 1.807) is 25.3 Å². The van der Waals surface area contributed by atoms with Crippen LogP contribution in [0.2, 0.25) is 0 Å². The molecule has 3 N–H and O–H groups in total. The lowest BCUT2D eigenvalue weighted by Crippen LogP contribution is -2.27. The van der Waals surface area contributed by atoms with Gasteiger partial charge in [-0.3, -0.25) is 0 Å². The second-order valence-corrected chi connectivity index (χ2v) is 5.14. The summed E-state index contributed by atoms with van der Waals surface area (Å²) >= 11 is 0. The maximum atomic E-state index is 11.2. The summed E-state index contributed by atoms with van der Waals surface area (Å²) in [7, 11) is 1.72. The van der Waals surface area contributed by atoms with Crippen LogP contribution in [-0.2, 0) is 16.1 Å². The van der Waals surface area contributed by atoms with Gasteiger partial charge >= 0.3 is 5.97 Å². The van der Waals surface area contributed by atoms with E-state index >= 15 is 0 Å². The number of ether oxygens (including phenoxy) is 2. The van der Waals surface area contributed by atoms with Crippen molar-refractivity contribution in [2.75, 3.05) is 12.8 Å². The minimum atomic E-state index is -1.01. The van der Waals surface area contributed by atoms with Gasteiger partial charge in [0, 0.05) is 12.8 Å². The van der Waals surface area contributed by atoms with E-state index in [-0.39, 0.29) is 30.1 Å². The summed E-state index contributed by atoms with van der Waals surface area (Å²) in [6.45, 7) is 0.272. The number of methoxy groups -OCH3 is 1. The Bertz CT molecular complexity index is 475. The molecule has 110 valence electrons. The summed E-state index contributed by atoms with van der Waals surface area (Å²) in [5.41, 5.74) is 6.76. The van der Waals surface area contributed by atoms with Crippen LogP contribution >= 0.6 is 0 Å². The molecule has 1 aromatic rings. The average Bonchev–Trinajstić information content (AvgIpc) is 2.45. The van der Waals surface area contributed by atoms with E-state index in [9.17, 15) is 9.90 Å². The van der Waals surface area contributed by atoms with Crippen molar-refractivity contribution in [2.24, 2.45) is 0 Å². The number of hydrogen-bond acceptors (Lipinski definition) is 4. The molecule has 0 aromatic heterocycles. The highest BCUT2D eigenvalue weighted by Gasteiger charge is 2.23. The molecule has 0 heterocycles. The van der Waals surface area contributed by atoms with Gasteiger partial charge in [0.05, 0.1) is 24.4 Å². The van der Waals surface area contributed by atoms with Crippen LogP contribution < -0.4 is 5.73 Å². The van der Waals surface area contributed by atoms with Gasteiger partial charge in [0.25, 0.3) is 0 Å². The third-order valence-corrected chi connectivity index (χ3v) is 3.78. The largest absolute Gasteiger partial charge is 0.478 e. The number of hydrogen-bond donors (Lipinski definition) is 2. The van der Waals surface area contributed by atoms with E-state index in [1.807, 2.05) is 0 Å². The molecule has 0 spiro atoms. The number of rotatable bonds is 5. The zero-order valence-corrected chi connectivity index (χ0v) is 11.7. The van der Waals surface area contributed by atoms with E-state index in [0.717, 1.165) is 25.7 Å². The molecule has 20 heavy (non-hydrogen) atoms. The van der Waals surface area contributed by atoms with Gasteiger partial charge in [0.1, 0.15) is 0 Å². The highest BCUT2D eigenvalue weighted by Crippen LogP contribution is 2.25. The number of carbonyl (C=O) groups is 1. The fourth-order valence-corrected chi connectivity index (χ4v) is 2.68. The monoisotopic (exact) mass is 279 g/mol. The molecule has 0 aliphatic heterocycles. The van der Waals surface area contributed by atoms with Gasteiger partial charge in [-0.25, -0.2) is 4.79 Å². The van der Waals surface area contributed by atoms with Crippen LogP contribution in [-0.4, -0.2) is 30.4 Å². The molecule has 0 radical (unpaired) electrons. The first-order valence-electron chi connectivity index (χ1n) is 6.87. The minimum absolute atomic E-state index is 0.122. The number of aromatic carboxylic acids is 1. The Labute approximate surface area is 118 Å². The standard InChI is InChI=1S/C15H21NO4/c1-19-11-5-3-6-12(8-11)20-9-10-4-2-7-13(16)14(10)15(17)18/h2,4,7,11-12H,3,5-6,8-9,16H2,1H3,(H,17,18). The normalized spacial score (nSPS) is 22.6. The van der Waals surface area contributed by atoms with Crippen molar-refractivity contribution in [3.63, 3.8) is 0 Å². The lowest BCUT2D eigenvalue weighted by molar-refractivity contribution is -0.0365. The van der Waals surface area contributed by atoms with Crippen molar-refractivity contribution in [3.8, 4) is 0 Å². The first-order valence-corrected chi connectivity index (χ1v) is 6.87. The molecule has 1 aliphatic rings. The Balaban J connectivity index is 2.00. The third kappa shape index (κ3) is 3.49. The predicted molar refractivity (Wildman–Crippen MR) is 75.7 cm³/mol. The van der Waals surface area contributed by atoms with Gasteiger partial charge in [-0.1, -0.05) is 12.1 Å². The number of carboxylic acids is 1. The number of benzene rings is 1. The molecule has 1 fully saturated rings. The van der Waals surface area contributed by atoms with Crippen LogP contribution in [0, 0.1) is 0 Å². The Hall–Kier alpha value is -1.59. The molecule has 5 heteroatoms. The van der Waals surface area contributed by atoms with Crippen molar-refractivity contribution in [1.82, 2.24) is 0 Å². The van der Waals surface area contributed by atoms with Crippen LogP contribution in [0.15, 0.2) is 18.2 Å². The average molecular weight is 279 g/mol. The Morgan fingerprint density at radius 1 is 1.40 bits per heavy atom. The first-order chi connectivity index (χ1) is 9.61. The maximum Gasteiger partial charge on any atom is 0.338 e. The van der Waals surface area contributed by atoms with Crippen LogP contribution in [0.4, 0.5) is 5.69 Å². The summed E-state index contributed by atoms with van der Waals surface area (Å²) in [5, 5.41) is 9.21. The molecule has 0 amide bonds. The number of carboxylic acid groups (broad SMARTS) is 1. The smallest absolute Gasteiger partial charge is 0.338 e. The zero-order chi connectivity index (χ0) is 14.5. The molecular weight excluding hydrogens is 258 g/mol. The van der Waals surface area contributed by atoms with E-state index < -0.39 is 5.97 Å². The summed E-state index contributed by atoms with van der Waals surface area (Å²) in [6, 6.07) is 5.09. The molecule has 0 bridgehead atoms. The summed E-state index contributed by atoms with van der Waals surface area (Å²) in [5.74, 6) is -1.01.